The molecule has 1 fully saturated rings. The second-order valence-electron chi connectivity index (χ2n) is 6.06. The van der Waals surface area contributed by atoms with Crippen molar-refractivity contribution in [3.05, 3.63) is 70.7 Å². The fraction of sp³-hybridized carbons (Fsp3) is 0.300. The molecule has 0 saturated heterocycles. The molecule has 0 atom stereocenters. The molecule has 0 radical (unpaired) electrons. The van der Waals surface area contributed by atoms with Gasteiger partial charge in [0, 0.05) is 10.6 Å². The molecule has 0 spiro atoms. The van der Waals surface area contributed by atoms with Gasteiger partial charge in [-0.3, -0.25) is 0 Å². The third-order valence-corrected chi connectivity index (χ3v) is 5.07. The van der Waals surface area contributed by atoms with Crippen LogP contribution >= 0.6 is 23.2 Å². The molecule has 114 valence electrons. The first-order chi connectivity index (χ1) is 10.8. The third kappa shape index (κ3) is 3.74. The molecule has 3 rings (SSSR count). The van der Waals surface area contributed by atoms with Crippen LogP contribution in [0.4, 0.5) is 0 Å². The Morgan fingerprint density at radius 2 is 1.32 bits per heavy atom. The molecule has 1 saturated carbocycles. The van der Waals surface area contributed by atoms with Crippen LogP contribution in [0.1, 0.15) is 37.2 Å². The van der Waals surface area contributed by atoms with Gasteiger partial charge in [-0.25, -0.2) is 0 Å². The predicted octanol–water partition coefficient (Wildman–Crippen LogP) is 7.03. The van der Waals surface area contributed by atoms with Crippen molar-refractivity contribution in [3.63, 3.8) is 0 Å². The molecule has 0 nitrogen and oxygen atoms in total. The normalized spacial score (nSPS) is 22.1. The molecule has 2 heteroatoms. The molecule has 2 aromatic rings. The number of hydrogen-bond acceptors (Lipinski definition) is 0. The minimum Gasteiger partial charge on any atom is -0.0933 e. The summed E-state index contributed by atoms with van der Waals surface area (Å²) < 4.78 is 0. The van der Waals surface area contributed by atoms with E-state index in [0.717, 1.165) is 5.02 Å². The predicted molar refractivity (Wildman–Crippen MR) is 96.6 cm³/mol. The highest BCUT2D eigenvalue weighted by Crippen LogP contribution is 2.37. The molecule has 0 amide bonds. The fourth-order valence-electron chi connectivity index (χ4n) is 3.34. The molecular weight excluding hydrogens is 311 g/mol. The summed E-state index contributed by atoms with van der Waals surface area (Å²) in [7, 11) is 0. The van der Waals surface area contributed by atoms with Crippen molar-refractivity contribution in [1.82, 2.24) is 0 Å². The van der Waals surface area contributed by atoms with Crippen molar-refractivity contribution in [2.24, 2.45) is 5.92 Å². The molecule has 0 aromatic heterocycles. The molecule has 1 aliphatic carbocycles. The van der Waals surface area contributed by atoms with Crippen molar-refractivity contribution >= 4 is 23.2 Å². The average molecular weight is 331 g/mol. The van der Waals surface area contributed by atoms with E-state index >= 15 is 0 Å². The Bertz CT molecular complexity index is 618. The van der Waals surface area contributed by atoms with Crippen LogP contribution in [0.5, 0.6) is 0 Å². The van der Waals surface area contributed by atoms with Crippen molar-refractivity contribution in [2.45, 2.75) is 31.6 Å². The minimum atomic E-state index is 0.669. The SMILES string of the molecule is Cl/C=C/[C@H]1CC[C@H](c2ccc(-c3ccc(Cl)cc3)cc2)CC1. The molecule has 0 N–H and O–H groups in total. The molecule has 1 aliphatic rings. The van der Waals surface area contributed by atoms with E-state index in [-0.39, 0.29) is 0 Å². The lowest BCUT2D eigenvalue weighted by Gasteiger charge is -2.27. The monoisotopic (exact) mass is 330 g/mol. The van der Waals surface area contributed by atoms with Gasteiger partial charge in [0.2, 0.25) is 0 Å². The van der Waals surface area contributed by atoms with Crippen molar-refractivity contribution in [1.29, 1.82) is 0 Å². The van der Waals surface area contributed by atoms with Crippen LogP contribution in [0.3, 0.4) is 0 Å². The third-order valence-electron chi connectivity index (χ3n) is 4.68. The zero-order valence-electron chi connectivity index (χ0n) is 12.5. The van der Waals surface area contributed by atoms with E-state index in [9.17, 15) is 0 Å². The van der Waals surface area contributed by atoms with E-state index < -0.39 is 0 Å². The van der Waals surface area contributed by atoms with Gasteiger partial charge < -0.3 is 0 Å². The maximum absolute atomic E-state index is 5.95. The standard InChI is InChI=1S/C20H20Cl2/c21-14-13-15-1-3-16(4-2-15)17-5-7-18(8-6-17)19-9-11-20(22)12-10-19/h5-16H,1-4H2/b14-13+/t15-,16-. The van der Waals surface area contributed by atoms with Crippen LogP contribution in [0.2, 0.25) is 5.02 Å². The van der Waals surface area contributed by atoms with Gasteiger partial charge >= 0.3 is 0 Å². The fourth-order valence-corrected chi connectivity index (χ4v) is 3.67. The lowest BCUT2D eigenvalue weighted by molar-refractivity contribution is 0.376. The number of allylic oxidation sites excluding steroid dienone is 1. The number of halogens is 2. The van der Waals surface area contributed by atoms with E-state index in [1.807, 2.05) is 12.1 Å². The van der Waals surface area contributed by atoms with E-state index in [1.54, 1.807) is 5.54 Å². The van der Waals surface area contributed by atoms with Gasteiger partial charge in [-0.2, -0.15) is 0 Å². The van der Waals surface area contributed by atoms with Gasteiger partial charge in [0.25, 0.3) is 0 Å². The number of benzene rings is 2. The Labute approximate surface area is 142 Å². The first kappa shape index (κ1) is 15.6. The lowest BCUT2D eigenvalue weighted by Crippen LogP contribution is -2.11. The summed E-state index contributed by atoms with van der Waals surface area (Å²) in [5, 5.41) is 0.781. The van der Waals surface area contributed by atoms with E-state index in [4.69, 9.17) is 23.2 Å². The van der Waals surface area contributed by atoms with Crippen molar-refractivity contribution < 1.29 is 0 Å². The van der Waals surface area contributed by atoms with Crippen LogP contribution in [0.15, 0.2) is 60.1 Å². The van der Waals surface area contributed by atoms with Crippen LogP contribution in [-0.2, 0) is 0 Å². The van der Waals surface area contributed by atoms with Gasteiger partial charge in [-0.1, -0.05) is 65.7 Å². The summed E-state index contributed by atoms with van der Waals surface area (Å²) in [5.41, 5.74) is 5.60. The zero-order chi connectivity index (χ0) is 15.4. The smallest absolute Gasteiger partial charge is 0.0406 e. The first-order valence-corrected chi connectivity index (χ1v) is 8.70. The molecule has 0 unspecified atom stereocenters. The summed E-state index contributed by atoms with van der Waals surface area (Å²) in [6.45, 7) is 0. The average Bonchev–Trinajstić information content (AvgIpc) is 2.57. The summed E-state index contributed by atoms with van der Waals surface area (Å²) in [6, 6.07) is 17.0. The van der Waals surface area contributed by atoms with Crippen molar-refractivity contribution in [2.75, 3.05) is 0 Å². The maximum atomic E-state index is 5.95. The lowest BCUT2D eigenvalue weighted by atomic mass is 9.78. The van der Waals surface area contributed by atoms with Crippen LogP contribution in [0.25, 0.3) is 11.1 Å². The highest BCUT2D eigenvalue weighted by molar-refractivity contribution is 6.30. The molecule has 22 heavy (non-hydrogen) atoms. The summed E-state index contributed by atoms with van der Waals surface area (Å²) >= 11 is 11.6. The topological polar surface area (TPSA) is 0 Å². The quantitative estimate of drug-likeness (QED) is 0.566. The molecular formula is C20H20Cl2. The highest BCUT2D eigenvalue weighted by atomic mass is 35.5. The summed E-state index contributed by atoms with van der Waals surface area (Å²) in [5.74, 6) is 1.36. The van der Waals surface area contributed by atoms with Crippen LogP contribution < -0.4 is 0 Å². The maximum Gasteiger partial charge on any atom is 0.0406 e. The molecule has 0 bridgehead atoms. The zero-order valence-corrected chi connectivity index (χ0v) is 14.0. The Balaban J connectivity index is 1.68. The Hall–Kier alpha value is -1.24. The highest BCUT2D eigenvalue weighted by Gasteiger charge is 2.20. The molecule has 0 aliphatic heterocycles. The van der Waals surface area contributed by atoms with Crippen LogP contribution in [0, 0.1) is 5.92 Å². The number of hydrogen-bond donors (Lipinski definition) is 0. The van der Waals surface area contributed by atoms with Gasteiger partial charge in [-0.15, -0.1) is 0 Å². The number of rotatable bonds is 3. The van der Waals surface area contributed by atoms with Crippen molar-refractivity contribution in [3.8, 4) is 11.1 Å². The van der Waals surface area contributed by atoms with Gasteiger partial charge in [0.05, 0.1) is 0 Å². The second-order valence-corrected chi connectivity index (χ2v) is 6.75. The summed E-state index contributed by atoms with van der Waals surface area (Å²) in [6.07, 6.45) is 7.14. The van der Waals surface area contributed by atoms with E-state index in [1.165, 1.54) is 42.4 Å². The van der Waals surface area contributed by atoms with Gasteiger partial charge in [0.1, 0.15) is 0 Å². The van der Waals surface area contributed by atoms with Gasteiger partial charge in [-0.05, 0) is 66.3 Å². The molecule has 0 heterocycles. The largest absolute Gasteiger partial charge is 0.0933 e. The summed E-state index contributed by atoms with van der Waals surface area (Å²) in [4.78, 5) is 0. The van der Waals surface area contributed by atoms with Crippen LogP contribution in [-0.4, -0.2) is 0 Å². The molecule has 2 aromatic carbocycles. The van der Waals surface area contributed by atoms with E-state index in [2.05, 4.69) is 42.5 Å². The first-order valence-electron chi connectivity index (χ1n) is 7.89. The Morgan fingerprint density at radius 3 is 1.86 bits per heavy atom. The van der Waals surface area contributed by atoms with Gasteiger partial charge in [0.15, 0.2) is 0 Å². The van der Waals surface area contributed by atoms with E-state index in [0.29, 0.717) is 11.8 Å². The second kappa shape index (κ2) is 7.35. The Morgan fingerprint density at radius 1 is 0.773 bits per heavy atom. The minimum absolute atomic E-state index is 0.669. The Kier molecular flexibility index (Phi) is 5.23.